The fourth-order valence-electron chi connectivity index (χ4n) is 3.26. The first-order valence-electron chi connectivity index (χ1n) is 10.2. The van der Waals surface area contributed by atoms with Gasteiger partial charge in [0, 0.05) is 31.2 Å². The van der Waals surface area contributed by atoms with E-state index >= 15 is 0 Å². The van der Waals surface area contributed by atoms with Crippen molar-refractivity contribution in [2.75, 3.05) is 11.9 Å². The maximum atomic E-state index is 12.3. The standard InChI is InChI=1S/C23H26N4O4/c1-15(2)25-23(31)26-17-11-9-16(10-12-17)14-24-20(28)8-5-13-27-21(29)18-6-3-4-7-19(18)22(27)30/h3-4,6-7,9-12,15H,5,8,13-14H2,1-2H3,(H,24,28)(H2,25,26,31). The molecule has 0 atom stereocenters. The molecule has 0 bridgehead atoms. The van der Waals surface area contributed by atoms with Crippen molar-refractivity contribution in [3.05, 3.63) is 65.2 Å². The minimum absolute atomic E-state index is 0.0477. The van der Waals surface area contributed by atoms with Crippen LogP contribution in [0.25, 0.3) is 0 Å². The molecule has 8 heteroatoms. The highest BCUT2D eigenvalue weighted by atomic mass is 16.2. The third-order valence-electron chi connectivity index (χ3n) is 4.78. The van der Waals surface area contributed by atoms with Gasteiger partial charge in [-0.2, -0.15) is 0 Å². The first kappa shape index (κ1) is 22.0. The van der Waals surface area contributed by atoms with E-state index in [-0.39, 0.29) is 42.8 Å². The molecular formula is C23H26N4O4. The number of imide groups is 1. The summed E-state index contributed by atoms with van der Waals surface area (Å²) in [6.07, 6.45) is 0.605. The summed E-state index contributed by atoms with van der Waals surface area (Å²) in [6, 6.07) is 13.7. The number of hydrogen-bond donors (Lipinski definition) is 3. The predicted octanol–water partition coefficient (Wildman–Crippen LogP) is 2.91. The summed E-state index contributed by atoms with van der Waals surface area (Å²) >= 11 is 0. The molecule has 0 aromatic heterocycles. The van der Waals surface area contributed by atoms with Crippen LogP contribution in [0.4, 0.5) is 10.5 Å². The lowest BCUT2D eigenvalue weighted by Crippen LogP contribution is -2.34. The van der Waals surface area contributed by atoms with Crippen LogP contribution in [0.3, 0.4) is 0 Å². The van der Waals surface area contributed by atoms with Gasteiger partial charge in [-0.15, -0.1) is 0 Å². The zero-order valence-electron chi connectivity index (χ0n) is 17.6. The highest BCUT2D eigenvalue weighted by Crippen LogP contribution is 2.22. The monoisotopic (exact) mass is 422 g/mol. The number of urea groups is 1. The van der Waals surface area contributed by atoms with Crippen LogP contribution in [-0.2, 0) is 11.3 Å². The Labute approximate surface area is 181 Å². The molecule has 0 aliphatic carbocycles. The van der Waals surface area contributed by atoms with Crippen molar-refractivity contribution in [1.29, 1.82) is 0 Å². The smallest absolute Gasteiger partial charge is 0.319 e. The summed E-state index contributed by atoms with van der Waals surface area (Å²) in [7, 11) is 0. The minimum Gasteiger partial charge on any atom is -0.352 e. The van der Waals surface area contributed by atoms with Crippen molar-refractivity contribution in [3.8, 4) is 0 Å². The molecule has 3 N–H and O–H groups in total. The highest BCUT2D eigenvalue weighted by Gasteiger charge is 2.34. The van der Waals surface area contributed by atoms with Crippen molar-refractivity contribution >= 4 is 29.4 Å². The fourth-order valence-corrected chi connectivity index (χ4v) is 3.26. The molecule has 3 rings (SSSR count). The molecule has 0 spiro atoms. The molecule has 0 saturated heterocycles. The molecule has 162 valence electrons. The Balaban J connectivity index is 1.39. The second-order valence-corrected chi connectivity index (χ2v) is 7.64. The van der Waals surface area contributed by atoms with E-state index in [9.17, 15) is 19.2 Å². The van der Waals surface area contributed by atoms with Crippen LogP contribution < -0.4 is 16.0 Å². The third kappa shape index (κ3) is 5.69. The Morgan fingerprint density at radius 1 is 0.935 bits per heavy atom. The van der Waals surface area contributed by atoms with E-state index in [1.54, 1.807) is 36.4 Å². The number of amides is 5. The summed E-state index contributed by atoms with van der Waals surface area (Å²) < 4.78 is 0. The maximum absolute atomic E-state index is 12.3. The number of nitrogens with zero attached hydrogens (tertiary/aromatic N) is 1. The second kappa shape index (κ2) is 9.88. The highest BCUT2D eigenvalue weighted by molar-refractivity contribution is 6.21. The van der Waals surface area contributed by atoms with E-state index in [0.717, 1.165) is 5.56 Å². The van der Waals surface area contributed by atoms with Crippen molar-refractivity contribution in [2.45, 2.75) is 39.3 Å². The normalized spacial score (nSPS) is 12.7. The first-order chi connectivity index (χ1) is 14.8. The molecule has 1 aliphatic heterocycles. The van der Waals surface area contributed by atoms with Gasteiger partial charge in [0.15, 0.2) is 0 Å². The van der Waals surface area contributed by atoms with Crippen LogP contribution in [0.2, 0.25) is 0 Å². The van der Waals surface area contributed by atoms with E-state index in [1.165, 1.54) is 4.90 Å². The lowest BCUT2D eigenvalue weighted by molar-refractivity contribution is -0.121. The Morgan fingerprint density at radius 2 is 1.55 bits per heavy atom. The van der Waals surface area contributed by atoms with Crippen LogP contribution in [0.15, 0.2) is 48.5 Å². The van der Waals surface area contributed by atoms with Gasteiger partial charge in [0.2, 0.25) is 5.91 Å². The molecule has 0 unspecified atom stereocenters. The van der Waals surface area contributed by atoms with Gasteiger partial charge in [-0.3, -0.25) is 19.3 Å². The number of anilines is 1. The number of nitrogens with one attached hydrogen (secondary N) is 3. The van der Waals surface area contributed by atoms with E-state index in [0.29, 0.717) is 29.8 Å². The third-order valence-corrected chi connectivity index (χ3v) is 4.78. The van der Waals surface area contributed by atoms with E-state index < -0.39 is 0 Å². The zero-order valence-corrected chi connectivity index (χ0v) is 17.6. The topological polar surface area (TPSA) is 108 Å². The van der Waals surface area contributed by atoms with Gasteiger partial charge in [0.25, 0.3) is 11.8 Å². The van der Waals surface area contributed by atoms with Crippen LogP contribution in [0.5, 0.6) is 0 Å². The van der Waals surface area contributed by atoms with Gasteiger partial charge in [0.05, 0.1) is 11.1 Å². The van der Waals surface area contributed by atoms with Crippen molar-refractivity contribution < 1.29 is 19.2 Å². The molecule has 1 heterocycles. The first-order valence-corrected chi connectivity index (χ1v) is 10.2. The molecule has 5 amide bonds. The number of benzene rings is 2. The van der Waals surface area contributed by atoms with Crippen molar-refractivity contribution in [3.63, 3.8) is 0 Å². The largest absolute Gasteiger partial charge is 0.352 e. The van der Waals surface area contributed by atoms with Gasteiger partial charge in [-0.05, 0) is 50.1 Å². The van der Waals surface area contributed by atoms with Gasteiger partial charge < -0.3 is 16.0 Å². The molecule has 8 nitrogen and oxygen atoms in total. The van der Waals surface area contributed by atoms with Crippen LogP contribution in [0, 0.1) is 0 Å². The lowest BCUT2D eigenvalue weighted by Gasteiger charge is -2.13. The summed E-state index contributed by atoms with van der Waals surface area (Å²) in [5, 5.41) is 8.30. The molecule has 31 heavy (non-hydrogen) atoms. The molecule has 0 saturated carbocycles. The van der Waals surface area contributed by atoms with E-state index in [2.05, 4.69) is 16.0 Å². The number of carbonyl (C=O) groups is 4. The van der Waals surface area contributed by atoms with Crippen LogP contribution in [-0.4, -0.2) is 41.2 Å². The van der Waals surface area contributed by atoms with E-state index in [1.807, 2.05) is 26.0 Å². The summed E-state index contributed by atoms with van der Waals surface area (Å²) in [4.78, 5) is 49.6. The van der Waals surface area contributed by atoms with Gasteiger partial charge >= 0.3 is 6.03 Å². The minimum atomic E-state index is -0.309. The average molecular weight is 422 g/mol. The Kier molecular flexibility index (Phi) is 7.02. The molecular weight excluding hydrogens is 396 g/mol. The summed E-state index contributed by atoms with van der Waals surface area (Å²) in [6.45, 7) is 4.32. The number of hydrogen-bond acceptors (Lipinski definition) is 4. The van der Waals surface area contributed by atoms with Gasteiger partial charge in [0.1, 0.15) is 0 Å². The predicted molar refractivity (Wildman–Crippen MR) is 117 cm³/mol. The fraction of sp³-hybridized carbons (Fsp3) is 0.304. The Bertz CT molecular complexity index is 950. The summed E-state index contributed by atoms with van der Waals surface area (Å²) in [5.74, 6) is -0.774. The number of rotatable bonds is 8. The molecule has 0 radical (unpaired) electrons. The molecule has 0 fully saturated rings. The van der Waals surface area contributed by atoms with Gasteiger partial charge in [-0.1, -0.05) is 24.3 Å². The lowest BCUT2D eigenvalue weighted by atomic mass is 10.1. The second-order valence-electron chi connectivity index (χ2n) is 7.64. The van der Waals surface area contributed by atoms with Crippen LogP contribution >= 0.6 is 0 Å². The number of fused-ring (bicyclic) bond motifs is 1. The molecule has 2 aromatic carbocycles. The zero-order chi connectivity index (χ0) is 22.4. The maximum Gasteiger partial charge on any atom is 0.319 e. The van der Waals surface area contributed by atoms with Gasteiger partial charge in [-0.25, -0.2) is 4.79 Å². The number of carbonyl (C=O) groups excluding carboxylic acids is 4. The Morgan fingerprint density at radius 3 is 2.13 bits per heavy atom. The quantitative estimate of drug-likeness (QED) is 0.569. The van der Waals surface area contributed by atoms with E-state index in [4.69, 9.17) is 0 Å². The van der Waals surface area contributed by atoms with Crippen molar-refractivity contribution in [1.82, 2.24) is 15.5 Å². The SMILES string of the molecule is CC(C)NC(=O)Nc1ccc(CNC(=O)CCCN2C(=O)c3ccccc3C2=O)cc1. The average Bonchev–Trinajstić information content (AvgIpc) is 2.98. The van der Waals surface area contributed by atoms with Crippen molar-refractivity contribution in [2.24, 2.45) is 0 Å². The molecule has 1 aliphatic rings. The van der Waals surface area contributed by atoms with Crippen LogP contribution in [0.1, 0.15) is 53.0 Å². The Hall–Kier alpha value is -3.68. The molecule has 2 aromatic rings. The summed E-state index contributed by atoms with van der Waals surface area (Å²) in [5.41, 5.74) is 2.38.